The molecule has 0 saturated heterocycles. The third kappa shape index (κ3) is 4.50. The number of nitrogens with one attached hydrogen (secondary N) is 2. The summed E-state index contributed by atoms with van der Waals surface area (Å²) in [6, 6.07) is 4.41. The first-order chi connectivity index (χ1) is 10.0. The molecule has 0 aliphatic carbocycles. The lowest BCUT2D eigenvalue weighted by molar-refractivity contribution is -0.139. The van der Waals surface area contributed by atoms with Gasteiger partial charge in [-0.2, -0.15) is 13.2 Å². The third-order valence-corrected chi connectivity index (χ3v) is 3.78. The Hall–Kier alpha value is -1.47. The Morgan fingerprint density at radius 3 is 2.76 bits per heavy atom. The molecule has 0 bridgehead atoms. The number of imidazole rings is 1. The number of hydrogen-bond donors (Lipinski definition) is 2. The zero-order valence-corrected chi connectivity index (χ0v) is 12.3. The monoisotopic (exact) mass is 315 g/mol. The molecule has 0 aliphatic rings. The lowest BCUT2D eigenvalue weighted by Crippen LogP contribution is -2.15. The molecule has 1 aromatic heterocycles. The van der Waals surface area contributed by atoms with Crippen LogP contribution in [0.25, 0.3) is 0 Å². The summed E-state index contributed by atoms with van der Waals surface area (Å²) in [6.07, 6.45) is -0.342. The van der Waals surface area contributed by atoms with Gasteiger partial charge in [0.2, 0.25) is 0 Å². The molecule has 0 unspecified atom stereocenters. The standard InChI is InChI=1S/C14H16F3N3S/c1-2-5-18-9-10-3-4-12(11(8-10)14(15,16)17)21-13-19-6-7-20-13/h3-4,6-8,18H,2,5,9H2,1H3,(H,19,20). The first kappa shape index (κ1) is 15.9. The molecule has 2 aromatic rings. The van der Waals surface area contributed by atoms with Gasteiger partial charge in [-0.05, 0) is 30.7 Å². The number of benzene rings is 1. The summed E-state index contributed by atoms with van der Waals surface area (Å²) in [7, 11) is 0. The zero-order valence-electron chi connectivity index (χ0n) is 11.5. The smallest absolute Gasteiger partial charge is 0.339 e. The minimum atomic E-state index is -4.38. The summed E-state index contributed by atoms with van der Waals surface area (Å²) in [5, 5.41) is 3.54. The van der Waals surface area contributed by atoms with Crippen molar-refractivity contribution in [1.82, 2.24) is 15.3 Å². The Balaban J connectivity index is 2.23. The molecule has 7 heteroatoms. The van der Waals surface area contributed by atoms with Crippen molar-refractivity contribution < 1.29 is 13.2 Å². The molecule has 0 fully saturated rings. The Bertz CT molecular complexity index is 567. The molecule has 0 atom stereocenters. The normalized spacial score (nSPS) is 11.8. The van der Waals surface area contributed by atoms with Gasteiger partial charge in [0.15, 0.2) is 5.16 Å². The van der Waals surface area contributed by atoms with Crippen LogP contribution in [0.15, 0.2) is 40.6 Å². The van der Waals surface area contributed by atoms with Gasteiger partial charge in [0, 0.05) is 23.8 Å². The van der Waals surface area contributed by atoms with Gasteiger partial charge >= 0.3 is 6.18 Å². The van der Waals surface area contributed by atoms with Crippen molar-refractivity contribution in [3.05, 3.63) is 41.7 Å². The van der Waals surface area contributed by atoms with Gasteiger partial charge in [0.25, 0.3) is 0 Å². The summed E-state index contributed by atoms with van der Waals surface area (Å²) in [5.41, 5.74) is -0.000677. The van der Waals surface area contributed by atoms with Crippen LogP contribution in [0.5, 0.6) is 0 Å². The molecular weight excluding hydrogens is 299 g/mol. The van der Waals surface area contributed by atoms with Gasteiger partial charge in [-0.25, -0.2) is 4.98 Å². The molecule has 0 amide bonds. The lowest BCUT2D eigenvalue weighted by atomic mass is 10.1. The van der Waals surface area contributed by atoms with Gasteiger partial charge in [0.1, 0.15) is 0 Å². The molecule has 114 valence electrons. The average Bonchev–Trinajstić information content (AvgIpc) is 2.92. The average molecular weight is 315 g/mol. The minimum Gasteiger partial charge on any atom is -0.339 e. The van der Waals surface area contributed by atoms with Gasteiger partial charge in [-0.15, -0.1) is 0 Å². The maximum absolute atomic E-state index is 13.2. The lowest BCUT2D eigenvalue weighted by Gasteiger charge is -2.14. The van der Waals surface area contributed by atoms with E-state index < -0.39 is 11.7 Å². The van der Waals surface area contributed by atoms with E-state index in [4.69, 9.17) is 0 Å². The fourth-order valence-corrected chi connectivity index (χ4v) is 2.69. The molecule has 2 N–H and O–H groups in total. The highest BCUT2D eigenvalue weighted by molar-refractivity contribution is 7.99. The van der Waals surface area contributed by atoms with Gasteiger partial charge in [-0.3, -0.25) is 0 Å². The highest BCUT2D eigenvalue weighted by Gasteiger charge is 2.34. The second-order valence-corrected chi connectivity index (χ2v) is 5.53. The van der Waals surface area contributed by atoms with Crippen molar-refractivity contribution in [2.24, 2.45) is 0 Å². The van der Waals surface area contributed by atoms with E-state index in [-0.39, 0.29) is 4.90 Å². The number of rotatable bonds is 6. The summed E-state index contributed by atoms with van der Waals surface area (Å²) < 4.78 is 39.5. The van der Waals surface area contributed by atoms with Crippen molar-refractivity contribution in [2.45, 2.75) is 36.1 Å². The van der Waals surface area contributed by atoms with E-state index in [1.54, 1.807) is 12.3 Å². The molecule has 3 nitrogen and oxygen atoms in total. The number of alkyl halides is 3. The molecular formula is C14H16F3N3S. The Kier molecular flexibility index (Phi) is 5.30. The summed E-state index contributed by atoms with van der Waals surface area (Å²) in [5.74, 6) is 0. The number of hydrogen-bond acceptors (Lipinski definition) is 3. The summed E-state index contributed by atoms with van der Waals surface area (Å²) in [4.78, 5) is 6.89. The van der Waals surface area contributed by atoms with Crippen LogP contribution < -0.4 is 5.32 Å². The van der Waals surface area contributed by atoms with E-state index in [1.165, 1.54) is 18.3 Å². The molecule has 0 radical (unpaired) electrons. The molecule has 1 heterocycles. The van der Waals surface area contributed by atoms with Crippen LogP contribution in [0.1, 0.15) is 24.5 Å². The number of aromatic amines is 1. The van der Waals surface area contributed by atoms with E-state index in [0.29, 0.717) is 17.3 Å². The third-order valence-electron chi connectivity index (χ3n) is 2.79. The minimum absolute atomic E-state index is 0.150. The first-order valence-electron chi connectivity index (χ1n) is 6.58. The fourth-order valence-electron chi connectivity index (χ4n) is 1.82. The van der Waals surface area contributed by atoms with Gasteiger partial charge in [0.05, 0.1) is 5.56 Å². The second kappa shape index (κ2) is 7.00. The molecule has 0 aliphatic heterocycles. The van der Waals surface area contributed by atoms with Crippen molar-refractivity contribution in [2.75, 3.05) is 6.54 Å². The highest BCUT2D eigenvalue weighted by atomic mass is 32.2. The number of nitrogens with zero attached hydrogens (tertiary/aromatic N) is 1. The first-order valence-corrected chi connectivity index (χ1v) is 7.40. The molecule has 1 aromatic carbocycles. The predicted molar refractivity (Wildman–Crippen MR) is 76.2 cm³/mol. The van der Waals surface area contributed by atoms with Crippen LogP contribution in [0.4, 0.5) is 13.2 Å². The van der Waals surface area contributed by atoms with E-state index >= 15 is 0 Å². The van der Waals surface area contributed by atoms with Crippen molar-refractivity contribution in [3.8, 4) is 0 Å². The number of halogens is 3. The largest absolute Gasteiger partial charge is 0.417 e. The highest BCUT2D eigenvalue weighted by Crippen LogP contribution is 2.39. The molecule has 2 rings (SSSR count). The van der Waals surface area contributed by atoms with Crippen molar-refractivity contribution in [1.29, 1.82) is 0 Å². The number of H-pyrrole nitrogens is 1. The maximum Gasteiger partial charge on any atom is 0.417 e. The van der Waals surface area contributed by atoms with Crippen LogP contribution in [-0.2, 0) is 12.7 Å². The zero-order chi connectivity index (χ0) is 15.3. The Morgan fingerprint density at radius 2 is 2.14 bits per heavy atom. The Morgan fingerprint density at radius 1 is 1.33 bits per heavy atom. The van der Waals surface area contributed by atoms with Gasteiger partial charge in [-0.1, -0.05) is 24.8 Å². The molecule has 21 heavy (non-hydrogen) atoms. The molecule has 0 spiro atoms. The summed E-state index contributed by atoms with van der Waals surface area (Å²) in [6.45, 7) is 3.23. The van der Waals surface area contributed by atoms with Crippen molar-refractivity contribution in [3.63, 3.8) is 0 Å². The van der Waals surface area contributed by atoms with E-state index in [9.17, 15) is 13.2 Å². The maximum atomic E-state index is 13.2. The van der Waals surface area contributed by atoms with E-state index in [2.05, 4.69) is 15.3 Å². The van der Waals surface area contributed by atoms with Gasteiger partial charge < -0.3 is 10.3 Å². The van der Waals surface area contributed by atoms with Crippen LogP contribution in [0.3, 0.4) is 0 Å². The number of aromatic nitrogens is 2. The quantitative estimate of drug-likeness (QED) is 0.789. The second-order valence-electron chi connectivity index (χ2n) is 4.50. The Labute approximate surface area is 125 Å². The topological polar surface area (TPSA) is 40.7 Å². The van der Waals surface area contributed by atoms with Crippen LogP contribution in [-0.4, -0.2) is 16.5 Å². The van der Waals surface area contributed by atoms with E-state index in [0.717, 1.165) is 24.7 Å². The van der Waals surface area contributed by atoms with Crippen molar-refractivity contribution >= 4 is 11.8 Å². The van der Waals surface area contributed by atoms with Crippen LogP contribution in [0.2, 0.25) is 0 Å². The predicted octanol–water partition coefficient (Wildman–Crippen LogP) is 4.08. The van der Waals surface area contributed by atoms with Crippen LogP contribution >= 0.6 is 11.8 Å². The van der Waals surface area contributed by atoms with Crippen LogP contribution in [0, 0.1) is 0 Å². The fraction of sp³-hybridized carbons (Fsp3) is 0.357. The van der Waals surface area contributed by atoms with E-state index in [1.807, 2.05) is 6.92 Å². The molecule has 0 saturated carbocycles. The summed E-state index contributed by atoms with van der Waals surface area (Å²) >= 11 is 0.978. The SMILES string of the molecule is CCCNCc1ccc(Sc2ncc[nH]2)c(C(F)(F)F)c1.